The van der Waals surface area contributed by atoms with Gasteiger partial charge in [0.15, 0.2) is 0 Å². The maximum atomic E-state index is 12.0. The molecule has 2 aliphatic rings. The second-order valence-corrected chi connectivity index (χ2v) is 6.12. The number of carbonyl (C=O) groups excluding carboxylic acids is 1. The van der Waals surface area contributed by atoms with Crippen molar-refractivity contribution in [1.82, 2.24) is 0 Å². The SMILES string of the molecule is C=C1CC[C@@H]2[C@H](CC2(C)C)C(=O)CCC1O. The van der Waals surface area contributed by atoms with Gasteiger partial charge in [0.05, 0.1) is 6.10 Å². The lowest BCUT2D eigenvalue weighted by Crippen LogP contribution is -2.47. The van der Waals surface area contributed by atoms with Gasteiger partial charge in [0, 0.05) is 12.3 Å². The molecule has 0 aromatic rings. The van der Waals surface area contributed by atoms with E-state index in [1.165, 1.54) is 0 Å². The van der Waals surface area contributed by atoms with E-state index in [0.29, 0.717) is 30.0 Å². The Morgan fingerprint density at radius 1 is 1.31 bits per heavy atom. The highest BCUT2D eigenvalue weighted by Crippen LogP contribution is 2.54. The van der Waals surface area contributed by atoms with Crippen LogP contribution < -0.4 is 0 Å². The number of fused-ring (bicyclic) bond motifs is 1. The highest BCUT2D eigenvalue weighted by molar-refractivity contribution is 5.82. The van der Waals surface area contributed by atoms with Crippen LogP contribution >= 0.6 is 0 Å². The van der Waals surface area contributed by atoms with E-state index in [1.54, 1.807) is 0 Å². The summed E-state index contributed by atoms with van der Waals surface area (Å²) in [6.07, 6.45) is 3.54. The van der Waals surface area contributed by atoms with Gasteiger partial charge in [-0.05, 0) is 42.6 Å². The van der Waals surface area contributed by atoms with E-state index >= 15 is 0 Å². The predicted molar refractivity (Wildman–Crippen MR) is 64.0 cm³/mol. The predicted octanol–water partition coefficient (Wildman–Crippen LogP) is 2.71. The standard InChI is InChI=1S/C14H22O2/c1-9-4-5-11-10(8-14(11,2)3)13(16)7-6-12(9)15/h10-12,15H,1,4-8H2,2-3H3/t10-,11+,12?/m0/s1. The van der Waals surface area contributed by atoms with Crippen LogP contribution in [0.3, 0.4) is 0 Å². The van der Waals surface area contributed by atoms with Gasteiger partial charge in [-0.2, -0.15) is 0 Å². The number of aliphatic hydroxyl groups is 1. The third-order valence-corrected chi connectivity index (χ3v) is 4.56. The molecule has 2 heteroatoms. The summed E-state index contributed by atoms with van der Waals surface area (Å²) in [5, 5.41) is 9.80. The van der Waals surface area contributed by atoms with Crippen molar-refractivity contribution in [1.29, 1.82) is 0 Å². The monoisotopic (exact) mass is 222 g/mol. The molecule has 0 saturated heterocycles. The first-order valence-corrected chi connectivity index (χ1v) is 6.30. The summed E-state index contributed by atoms with van der Waals surface area (Å²) >= 11 is 0. The highest BCUT2D eigenvalue weighted by Gasteiger charge is 2.49. The molecule has 2 fully saturated rings. The zero-order valence-electron chi connectivity index (χ0n) is 10.3. The topological polar surface area (TPSA) is 37.3 Å². The van der Waals surface area contributed by atoms with Crippen LogP contribution in [-0.2, 0) is 4.79 Å². The van der Waals surface area contributed by atoms with Crippen LogP contribution in [-0.4, -0.2) is 17.0 Å². The molecular formula is C14H22O2. The van der Waals surface area contributed by atoms with Crippen LogP contribution in [0.4, 0.5) is 0 Å². The van der Waals surface area contributed by atoms with Gasteiger partial charge < -0.3 is 5.11 Å². The first kappa shape index (κ1) is 11.8. The number of hydrogen-bond donors (Lipinski definition) is 1. The van der Waals surface area contributed by atoms with Gasteiger partial charge in [-0.3, -0.25) is 4.79 Å². The number of rotatable bonds is 0. The Balaban J connectivity index is 2.12. The van der Waals surface area contributed by atoms with Gasteiger partial charge in [-0.1, -0.05) is 20.4 Å². The lowest BCUT2D eigenvalue weighted by Gasteiger charge is -2.51. The summed E-state index contributed by atoms with van der Waals surface area (Å²) in [6, 6.07) is 0. The van der Waals surface area contributed by atoms with Crippen molar-refractivity contribution in [3.63, 3.8) is 0 Å². The lowest BCUT2D eigenvalue weighted by atomic mass is 9.53. The summed E-state index contributed by atoms with van der Waals surface area (Å²) in [6.45, 7) is 8.43. The molecule has 0 bridgehead atoms. The Morgan fingerprint density at radius 2 is 2.00 bits per heavy atom. The molecule has 0 aliphatic heterocycles. The largest absolute Gasteiger partial charge is 0.389 e. The van der Waals surface area contributed by atoms with Crippen molar-refractivity contribution >= 4 is 5.78 Å². The van der Waals surface area contributed by atoms with Crippen molar-refractivity contribution < 1.29 is 9.90 Å². The first-order valence-electron chi connectivity index (χ1n) is 6.30. The van der Waals surface area contributed by atoms with Crippen LogP contribution in [0.2, 0.25) is 0 Å². The van der Waals surface area contributed by atoms with Gasteiger partial charge in [0.25, 0.3) is 0 Å². The van der Waals surface area contributed by atoms with Crippen molar-refractivity contribution in [2.75, 3.05) is 0 Å². The molecule has 2 aliphatic carbocycles. The molecule has 0 spiro atoms. The fraction of sp³-hybridized carbons (Fsp3) is 0.786. The summed E-state index contributed by atoms with van der Waals surface area (Å²) in [4.78, 5) is 12.0. The van der Waals surface area contributed by atoms with Crippen molar-refractivity contribution in [2.24, 2.45) is 17.3 Å². The minimum absolute atomic E-state index is 0.257. The first-order chi connectivity index (χ1) is 7.42. The molecule has 1 unspecified atom stereocenters. The number of carbonyl (C=O) groups is 1. The van der Waals surface area contributed by atoms with Gasteiger partial charge in [-0.25, -0.2) is 0 Å². The van der Waals surface area contributed by atoms with E-state index < -0.39 is 6.10 Å². The van der Waals surface area contributed by atoms with E-state index in [4.69, 9.17) is 0 Å². The second-order valence-electron chi connectivity index (χ2n) is 6.12. The zero-order chi connectivity index (χ0) is 11.9. The number of aliphatic hydroxyl groups excluding tert-OH is 1. The second kappa shape index (κ2) is 3.99. The molecule has 3 atom stereocenters. The summed E-state index contributed by atoms with van der Waals surface area (Å²) in [7, 11) is 0. The summed E-state index contributed by atoms with van der Waals surface area (Å²) < 4.78 is 0. The molecule has 16 heavy (non-hydrogen) atoms. The van der Waals surface area contributed by atoms with Gasteiger partial charge in [0.1, 0.15) is 5.78 Å². The molecule has 1 N–H and O–H groups in total. The van der Waals surface area contributed by atoms with Crippen LogP contribution in [0.1, 0.15) is 46.0 Å². The van der Waals surface area contributed by atoms with E-state index in [2.05, 4.69) is 20.4 Å². The Kier molecular flexibility index (Phi) is 2.95. The lowest BCUT2D eigenvalue weighted by molar-refractivity contribution is -0.137. The summed E-state index contributed by atoms with van der Waals surface area (Å²) in [5.41, 5.74) is 1.21. The van der Waals surface area contributed by atoms with E-state index in [-0.39, 0.29) is 5.92 Å². The van der Waals surface area contributed by atoms with Crippen molar-refractivity contribution in [2.45, 2.75) is 52.1 Å². The average molecular weight is 222 g/mol. The molecule has 0 aromatic heterocycles. The fourth-order valence-corrected chi connectivity index (χ4v) is 3.35. The fourth-order valence-electron chi connectivity index (χ4n) is 3.35. The number of Topliss-reactive ketones (excluding diaryl/α,β-unsaturated/α-hetero) is 1. The molecule has 0 amide bonds. The van der Waals surface area contributed by atoms with E-state index in [1.807, 2.05) is 0 Å². The van der Waals surface area contributed by atoms with E-state index in [0.717, 1.165) is 24.8 Å². The molecule has 2 rings (SSSR count). The number of ketones is 1. The average Bonchev–Trinajstić information content (AvgIpc) is 2.24. The quantitative estimate of drug-likeness (QED) is 0.640. The molecule has 90 valence electrons. The van der Waals surface area contributed by atoms with Gasteiger partial charge in [0.2, 0.25) is 0 Å². The molecule has 0 aromatic carbocycles. The van der Waals surface area contributed by atoms with Crippen LogP contribution in [0.5, 0.6) is 0 Å². The van der Waals surface area contributed by atoms with Crippen molar-refractivity contribution in [3.8, 4) is 0 Å². The summed E-state index contributed by atoms with van der Waals surface area (Å²) in [5.74, 6) is 1.12. The molecular weight excluding hydrogens is 200 g/mol. The third kappa shape index (κ3) is 1.95. The molecule has 0 radical (unpaired) electrons. The molecule has 2 nitrogen and oxygen atoms in total. The maximum Gasteiger partial charge on any atom is 0.136 e. The zero-order valence-corrected chi connectivity index (χ0v) is 10.3. The van der Waals surface area contributed by atoms with Crippen molar-refractivity contribution in [3.05, 3.63) is 12.2 Å². The Morgan fingerprint density at radius 3 is 2.62 bits per heavy atom. The number of hydrogen-bond acceptors (Lipinski definition) is 2. The normalized spacial score (nSPS) is 39.1. The molecule has 2 saturated carbocycles. The molecule has 0 heterocycles. The van der Waals surface area contributed by atoms with Crippen LogP contribution in [0, 0.1) is 17.3 Å². The Bertz CT molecular complexity index is 317. The van der Waals surface area contributed by atoms with Gasteiger partial charge >= 0.3 is 0 Å². The smallest absolute Gasteiger partial charge is 0.136 e. The minimum Gasteiger partial charge on any atom is -0.389 e. The Labute approximate surface area is 97.7 Å². The third-order valence-electron chi connectivity index (χ3n) is 4.56. The van der Waals surface area contributed by atoms with E-state index in [9.17, 15) is 9.90 Å². The maximum absolute atomic E-state index is 12.0. The highest BCUT2D eigenvalue weighted by atomic mass is 16.3. The Hall–Kier alpha value is -0.630. The van der Waals surface area contributed by atoms with Gasteiger partial charge in [-0.15, -0.1) is 0 Å². The van der Waals surface area contributed by atoms with Crippen LogP contribution in [0.15, 0.2) is 12.2 Å². The van der Waals surface area contributed by atoms with Crippen LogP contribution in [0.25, 0.3) is 0 Å². The minimum atomic E-state index is -0.468.